The average molecular weight is 530 g/mol. The summed E-state index contributed by atoms with van der Waals surface area (Å²) < 4.78 is 0. The van der Waals surface area contributed by atoms with Crippen molar-refractivity contribution < 1.29 is 24.9 Å². The van der Waals surface area contributed by atoms with Crippen LogP contribution in [0, 0.1) is 17.8 Å². The maximum Gasteiger partial charge on any atom is 0.353 e. The highest BCUT2D eigenvalue weighted by molar-refractivity contribution is 6.23. The smallest absolute Gasteiger partial charge is 0.353 e. The molecule has 1 saturated carbocycles. The zero-order valence-corrected chi connectivity index (χ0v) is 22.1. The lowest BCUT2D eigenvalue weighted by atomic mass is 9.62. The normalized spacial score (nSPS) is 40.7. The number of aliphatic imine (C=N–C) groups is 1. The third kappa shape index (κ3) is 3.15. The van der Waals surface area contributed by atoms with E-state index in [1.54, 1.807) is 30.3 Å². The monoisotopic (exact) mass is 529 g/mol. The molecule has 5 bridgehead atoms. The standard InChI is InChI=1S/C20H26N2O2.C10H8N2O3/c1-3-10-11-8-14-17-20(12-6-4-5-7-13(12)21(17)2)9-15(16(11)18(20)23)22(14)19(10)24;13-8-6-9(14)12(10(15)11-8)7-4-2-1-3-5-7/h4-7,10-11,14-19,23-24H,3,8-9H2,1-2H3;1-5H,6H2,(H,11,13,15)/p-1/t10-,11+,14-,15-,16?,17-,18+,19+,20+;/m0./s1. The number of rotatable bonds is 2. The number of nitrogens with zero attached hydrogens (tertiary/aromatic N) is 4. The van der Waals surface area contributed by atoms with Gasteiger partial charge in [-0.05, 0) is 54.8 Å². The molecular formula is C30H33N4O5-. The number of amides is 3. The first-order valence-corrected chi connectivity index (χ1v) is 13.9. The number of imide groups is 1. The minimum Gasteiger partial charge on any atom is -0.861 e. The van der Waals surface area contributed by atoms with E-state index in [4.69, 9.17) is 0 Å². The minimum atomic E-state index is -0.817. The van der Waals surface area contributed by atoms with Crippen LogP contribution in [-0.4, -0.2) is 70.5 Å². The van der Waals surface area contributed by atoms with Gasteiger partial charge >= 0.3 is 6.03 Å². The molecule has 9 nitrogen and oxygen atoms in total. The number of fused-ring (bicyclic) bond motifs is 2. The highest BCUT2D eigenvalue weighted by atomic mass is 16.3. The Morgan fingerprint density at radius 3 is 2.49 bits per heavy atom. The maximum absolute atomic E-state index is 11.6. The summed E-state index contributed by atoms with van der Waals surface area (Å²) in [6, 6.07) is 17.3. The van der Waals surface area contributed by atoms with E-state index in [0.29, 0.717) is 41.6 Å². The number of carbonyl (C=O) groups is 2. The first-order chi connectivity index (χ1) is 18.8. The van der Waals surface area contributed by atoms with Gasteiger partial charge in [0.15, 0.2) is 0 Å². The van der Waals surface area contributed by atoms with Crippen LogP contribution in [0.4, 0.5) is 16.2 Å². The predicted octanol–water partition coefficient (Wildman–Crippen LogP) is 1.86. The maximum atomic E-state index is 11.6. The van der Waals surface area contributed by atoms with Crippen molar-refractivity contribution >= 4 is 29.2 Å². The summed E-state index contributed by atoms with van der Waals surface area (Å²) in [6.07, 6.45) is 2.21. The van der Waals surface area contributed by atoms with Gasteiger partial charge in [-0.2, -0.15) is 0 Å². The van der Waals surface area contributed by atoms with Crippen molar-refractivity contribution in [2.24, 2.45) is 22.7 Å². The number of benzene rings is 2. The number of para-hydroxylation sites is 2. The van der Waals surface area contributed by atoms with Crippen molar-refractivity contribution in [3.05, 3.63) is 60.2 Å². The second-order valence-corrected chi connectivity index (χ2v) is 11.8. The Morgan fingerprint density at radius 1 is 1.05 bits per heavy atom. The van der Waals surface area contributed by atoms with Gasteiger partial charge in [0.2, 0.25) is 5.91 Å². The van der Waals surface area contributed by atoms with Crippen LogP contribution in [0.25, 0.3) is 0 Å². The van der Waals surface area contributed by atoms with Crippen LogP contribution < -0.4 is 14.9 Å². The van der Waals surface area contributed by atoms with E-state index in [1.165, 1.54) is 11.3 Å². The molecule has 0 aromatic heterocycles. The summed E-state index contributed by atoms with van der Waals surface area (Å²) in [7, 11) is 2.19. The fourth-order valence-electron chi connectivity index (χ4n) is 9.22. The second-order valence-electron chi connectivity index (χ2n) is 11.8. The van der Waals surface area contributed by atoms with E-state index in [2.05, 4.69) is 53.0 Å². The number of hydrogen-bond donors (Lipinski definition) is 2. The molecule has 5 fully saturated rings. The van der Waals surface area contributed by atoms with E-state index >= 15 is 0 Å². The van der Waals surface area contributed by atoms with Crippen LogP contribution in [0.1, 0.15) is 38.2 Å². The molecular weight excluding hydrogens is 496 g/mol. The van der Waals surface area contributed by atoms with Crippen molar-refractivity contribution in [1.82, 2.24) is 4.90 Å². The molecule has 6 heterocycles. The lowest BCUT2D eigenvalue weighted by Gasteiger charge is -2.62. The number of carbonyl (C=O) groups excluding carboxylic acids is 2. The molecule has 6 aliphatic heterocycles. The number of anilines is 2. The van der Waals surface area contributed by atoms with Gasteiger partial charge in [-0.1, -0.05) is 43.3 Å². The number of likely N-dealkylation sites (N-methyl/N-ethyl adjacent to an activating group) is 1. The summed E-state index contributed by atoms with van der Waals surface area (Å²) in [6.45, 7) is 2.19. The molecule has 2 unspecified atom stereocenters. The van der Waals surface area contributed by atoms with Crippen molar-refractivity contribution in [1.29, 1.82) is 0 Å². The van der Waals surface area contributed by atoms with Gasteiger partial charge in [-0.3, -0.25) is 9.69 Å². The molecule has 2 N–H and O–H groups in total. The molecule has 39 heavy (non-hydrogen) atoms. The first kappa shape index (κ1) is 24.7. The Bertz CT molecular complexity index is 1370. The molecule has 9 rings (SSSR count). The third-order valence-corrected chi connectivity index (χ3v) is 10.4. The molecule has 0 radical (unpaired) electrons. The van der Waals surface area contributed by atoms with Gasteiger partial charge in [0.1, 0.15) is 6.23 Å². The summed E-state index contributed by atoms with van der Waals surface area (Å²) in [5.41, 5.74) is 2.95. The van der Waals surface area contributed by atoms with Gasteiger partial charge < -0.3 is 20.2 Å². The average Bonchev–Trinajstić information content (AvgIpc) is 3.31. The molecule has 3 amide bonds. The van der Waals surface area contributed by atoms with Crippen LogP contribution in [0.15, 0.2) is 59.6 Å². The lowest BCUT2D eigenvalue weighted by Crippen LogP contribution is -2.72. The number of aliphatic hydroxyl groups is 2. The molecule has 4 saturated heterocycles. The van der Waals surface area contributed by atoms with Gasteiger partial charge in [-0.25, -0.2) is 14.7 Å². The second kappa shape index (κ2) is 8.61. The SMILES string of the molecule is CC[C@@H]1[C@@H](O)N2[C@H]3C[C@@]45c6ccccc6N(C)[C@H]4[C@@H]2C[C@H]1C3[C@H]5O.O=C1CC([O-])=NC(=O)N1c1ccccc1. The number of piperidine rings is 4. The van der Waals surface area contributed by atoms with Crippen LogP contribution in [0.5, 0.6) is 0 Å². The Balaban J connectivity index is 0.000000146. The molecule has 204 valence electrons. The molecule has 1 spiro atoms. The van der Waals surface area contributed by atoms with E-state index in [-0.39, 0.29) is 24.2 Å². The fourth-order valence-corrected chi connectivity index (χ4v) is 9.22. The predicted molar refractivity (Wildman–Crippen MR) is 143 cm³/mol. The molecule has 9 heteroatoms. The molecule has 2 aromatic rings. The van der Waals surface area contributed by atoms with E-state index < -0.39 is 17.8 Å². The summed E-state index contributed by atoms with van der Waals surface area (Å²) in [5.74, 6) is -0.0836. The molecule has 2 aromatic carbocycles. The summed E-state index contributed by atoms with van der Waals surface area (Å²) in [4.78, 5) is 31.7. The number of hydrogen-bond acceptors (Lipinski definition) is 7. The van der Waals surface area contributed by atoms with E-state index in [9.17, 15) is 24.9 Å². The van der Waals surface area contributed by atoms with Gasteiger partial charge in [-0.15, -0.1) is 0 Å². The van der Waals surface area contributed by atoms with Crippen molar-refractivity contribution in [3.8, 4) is 0 Å². The van der Waals surface area contributed by atoms with Gasteiger partial charge in [0, 0.05) is 42.1 Å². The number of urea groups is 1. The van der Waals surface area contributed by atoms with Gasteiger partial charge in [0.25, 0.3) is 0 Å². The largest absolute Gasteiger partial charge is 0.861 e. The lowest BCUT2D eigenvalue weighted by molar-refractivity contribution is -0.218. The van der Waals surface area contributed by atoms with Crippen LogP contribution in [0.3, 0.4) is 0 Å². The van der Waals surface area contributed by atoms with Crippen LogP contribution in [0.2, 0.25) is 0 Å². The summed E-state index contributed by atoms with van der Waals surface area (Å²) >= 11 is 0. The number of aliphatic hydroxyl groups excluding tert-OH is 2. The molecule has 10 atom stereocenters. The summed E-state index contributed by atoms with van der Waals surface area (Å²) in [5, 5.41) is 33.5. The zero-order valence-electron chi connectivity index (χ0n) is 22.1. The highest BCUT2D eigenvalue weighted by Crippen LogP contribution is 2.68. The van der Waals surface area contributed by atoms with Crippen molar-refractivity contribution in [3.63, 3.8) is 0 Å². The van der Waals surface area contributed by atoms with Crippen molar-refractivity contribution in [2.75, 3.05) is 16.8 Å². The Hall–Kier alpha value is -3.27. The Labute approximate surface area is 227 Å². The first-order valence-electron chi connectivity index (χ1n) is 13.9. The molecule has 7 aliphatic rings. The minimum absolute atomic E-state index is 0.126. The fraction of sp³-hybridized carbons (Fsp3) is 0.500. The van der Waals surface area contributed by atoms with Crippen LogP contribution >= 0.6 is 0 Å². The van der Waals surface area contributed by atoms with E-state index in [1.807, 2.05) is 0 Å². The zero-order chi connectivity index (χ0) is 27.2. The van der Waals surface area contributed by atoms with Crippen LogP contribution in [-0.2, 0) is 10.2 Å². The van der Waals surface area contributed by atoms with E-state index in [0.717, 1.165) is 24.2 Å². The quantitative estimate of drug-likeness (QED) is 0.609. The molecule has 1 aliphatic carbocycles. The topological polar surface area (TPSA) is 120 Å². The van der Waals surface area contributed by atoms with Crippen molar-refractivity contribution in [2.45, 2.75) is 68.5 Å². The van der Waals surface area contributed by atoms with Gasteiger partial charge in [0.05, 0.1) is 24.3 Å². The Morgan fingerprint density at radius 2 is 1.77 bits per heavy atom. The third-order valence-electron chi connectivity index (χ3n) is 10.4. The highest BCUT2D eigenvalue weighted by Gasteiger charge is 2.76. The Kier molecular flexibility index (Phi) is 5.47.